The SMILES string of the molecule is CC(=NNC(=O)CC[C@H](NC(=O)OCc1ccccc1)C(=O)N[C@H](Cc1c[nH]c2ccccc12)C(=O)NN=C(C)c1ccccc1)c1ccccc1. The monoisotopic (exact) mass is 699 g/mol. The number of nitrogens with one attached hydrogen (secondary N) is 5. The van der Waals surface area contributed by atoms with Gasteiger partial charge in [0, 0.05) is 29.9 Å². The van der Waals surface area contributed by atoms with Gasteiger partial charge in [-0.1, -0.05) is 109 Å². The van der Waals surface area contributed by atoms with E-state index >= 15 is 0 Å². The molecule has 266 valence electrons. The van der Waals surface area contributed by atoms with Gasteiger partial charge in [-0.15, -0.1) is 0 Å². The highest BCUT2D eigenvalue weighted by molar-refractivity contribution is 6.00. The van der Waals surface area contributed by atoms with E-state index in [-0.39, 0.29) is 25.9 Å². The molecule has 0 radical (unpaired) electrons. The summed E-state index contributed by atoms with van der Waals surface area (Å²) in [6.45, 7) is 3.50. The van der Waals surface area contributed by atoms with Crippen molar-refractivity contribution in [1.82, 2.24) is 26.5 Å². The smallest absolute Gasteiger partial charge is 0.408 e. The van der Waals surface area contributed by atoms with Crippen molar-refractivity contribution in [3.05, 3.63) is 144 Å². The van der Waals surface area contributed by atoms with Gasteiger partial charge < -0.3 is 20.4 Å². The maximum atomic E-state index is 13.9. The highest BCUT2D eigenvalue weighted by Crippen LogP contribution is 2.19. The van der Waals surface area contributed by atoms with Gasteiger partial charge in [0.1, 0.15) is 18.7 Å². The molecule has 0 aliphatic rings. The van der Waals surface area contributed by atoms with Gasteiger partial charge in [0.05, 0.1) is 11.4 Å². The van der Waals surface area contributed by atoms with Crippen molar-refractivity contribution >= 4 is 46.1 Å². The number of rotatable bonds is 15. The van der Waals surface area contributed by atoms with E-state index in [1.807, 2.05) is 103 Å². The topological polar surface area (TPSA) is 166 Å². The summed E-state index contributed by atoms with van der Waals surface area (Å²) in [7, 11) is 0. The van der Waals surface area contributed by atoms with Gasteiger partial charge in [-0.3, -0.25) is 14.4 Å². The van der Waals surface area contributed by atoms with Crippen molar-refractivity contribution in [2.45, 2.75) is 51.8 Å². The van der Waals surface area contributed by atoms with E-state index in [2.05, 4.69) is 36.7 Å². The lowest BCUT2D eigenvalue weighted by Gasteiger charge is -2.22. The zero-order valence-electron chi connectivity index (χ0n) is 29.0. The van der Waals surface area contributed by atoms with Crippen molar-refractivity contribution in [2.24, 2.45) is 10.2 Å². The first kappa shape index (κ1) is 36.7. The number of H-pyrrole nitrogens is 1. The predicted molar refractivity (Wildman–Crippen MR) is 200 cm³/mol. The van der Waals surface area contributed by atoms with Gasteiger partial charge in [-0.05, 0) is 48.6 Å². The number of para-hydroxylation sites is 1. The van der Waals surface area contributed by atoms with Crippen molar-refractivity contribution in [3.63, 3.8) is 0 Å². The molecule has 12 nitrogen and oxygen atoms in total. The van der Waals surface area contributed by atoms with Crippen LogP contribution < -0.4 is 21.5 Å². The number of aromatic nitrogens is 1. The van der Waals surface area contributed by atoms with Crippen molar-refractivity contribution in [1.29, 1.82) is 0 Å². The number of alkyl carbamates (subject to hydrolysis) is 1. The van der Waals surface area contributed by atoms with Crippen LogP contribution in [0.3, 0.4) is 0 Å². The Kier molecular flexibility index (Phi) is 13.0. The highest BCUT2D eigenvalue weighted by atomic mass is 16.5. The zero-order valence-corrected chi connectivity index (χ0v) is 29.0. The second-order valence-electron chi connectivity index (χ2n) is 12.1. The van der Waals surface area contributed by atoms with Gasteiger partial charge in [-0.2, -0.15) is 10.2 Å². The molecule has 12 heteroatoms. The molecule has 0 spiro atoms. The Bertz CT molecular complexity index is 2030. The highest BCUT2D eigenvalue weighted by Gasteiger charge is 2.29. The fourth-order valence-corrected chi connectivity index (χ4v) is 5.36. The van der Waals surface area contributed by atoms with E-state index in [1.165, 1.54) is 0 Å². The first-order valence-corrected chi connectivity index (χ1v) is 16.9. The van der Waals surface area contributed by atoms with Gasteiger partial charge in [0.2, 0.25) is 11.8 Å². The Morgan fingerprint density at radius 3 is 1.90 bits per heavy atom. The van der Waals surface area contributed by atoms with Crippen LogP contribution in [0.25, 0.3) is 10.9 Å². The Balaban J connectivity index is 1.32. The molecule has 0 aliphatic heterocycles. The predicted octanol–water partition coefficient (Wildman–Crippen LogP) is 5.35. The molecule has 5 aromatic rings. The van der Waals surface area contributed by atoms with Crippen LogP contribution in [0.15, 0.2) is 132 Å². The second kappa shape index (κ2) is 18.4. The third-order valence-corrected chi connectivity index (χ3v) is 8.28. The lowest BCUT2D eigenvalue weighted by molar-refractivity contribution is -0.130. The van der Waals surface area contributed by atoms with Gasteiger partial charge in [-0.25, -0.2) is 15.6 Å². The molecule has 0 fully saturated rings. The van der Waals surface area contributed by atoms with Crippen molar-refractivity contribution in [2.75, 3.05) is 0 Å². The number of benzene rings is 4. The van der Waals surface area contributed by atoms with E-state index in [4.69, 9.17) is 4.74 Å². The van der Waals surface area contributed by atoms with Crippen molar-refractivity contribution in [3.8, 4) is 0 Å². The average Bonchev–Trinajstić information content (AvgIpc) is 3.59. The maximum Gasteiger partial charge on any atom is 0.408 e. The zero-order chi connectivity index (χ0) is 36.7. The van der Waals surface area contributed by atoms with Crippen LogP contribution in [-0.2, 0) is 32.1 Å². The summed E-state index contributed by atoms with van der Waals surface area (Å²) >= 11 is 0. The fourth-order valence-electron chi connectivity index (χ4n) is 5.36. The molecule has 2 atom stereocenters. The third-order valence-electron chi connectivity index (χ3n) is 8.28. The number of carbonyl (C=O) groups is 4. The molecule has 52 heavy (non-hydrogen) atoms. The summed E-state index contributed by atoms with van der Waals surface area (Å²) in [5.41, 5.74) is 10.3. The molecule has 1 heterocycles. The number of ether oxygens (including phenoxy) is 1. The van der Waals surface area contributed by atoms with E-state index in [0.717, 1.165) is 33.2 Å². The molecule has 5 rings (SSSR count). The standard InChI is InChI=1S/C40H41N7O5/c1-27(30-16-8-4-9-17-30)44-46-37(48)23-22-35(43-40(51)52-26-29-14-6-3-7-15-29)38(49)42-36(24-32-25-41-34-21-13-12-20-33(32)34)39(50)47-45-28(2)31-18-10-5-11-19-31/h3-21,25,35-36,41H,22-24,26H2,1-2H3,(H,42,49)(H,43,51)(H,46,48)(H,47,50)/t35-,36+/m0/s1. The van der Waals surface area contributed by atoms with Crippen molar-refractivity contribution < 1.29 is 23.9 Å². The third kappa shape index (κ3) is 10.7. The Labute approximate surface area is 301 Å². The van der Waals surface area contributed by atoms with Gasteiger partial charge in [0.25, 0.3) is 5.91 Å². The number of aromatic amines is 1. The molecular weight excluding hydrogens is 658 g/mol. The number of amides is 4. The number of carbonyl (C=O) groups excluding carboxylic acids is 4. The average molecular weight is 700 g/mol. The number of fused-ring (bicyclic) bond motifs is 1. The Hall–Kier alpha value is -6.56. The number of hydrogen-bond acceptors (Lipinski definition) is 7. The molecule has 4 amide bonds. The van der Waals surface area contributed by atoms with Crippen LogP contribution in [0, 0.1) is 0 Å². The summed E-state index contributed by atoms with van der Waals surface area (Å²) in [6.07, 6.45) is 0.769. The van der Waals surface area contributed by atoms with E-state index in [1.54, 1.807) is 32.2 Å². The van der Waals surface area contributed by atoms with Gasteiger partial charge >= 0.3 is 6.09 Å². The van der Waals surface area contributed by atoms with Crippen LogP contribution in [-0.4, -0.2) is 52.3 Å². The molecule has 4 aromatic carbocycles. The quantitative estimate of drug-likeness (QED) is 0.0733. The number of hydrogen-bond donors (Lipinski definition) is 5. The van der Waals surface area contributed by atoms with E-state index in [0.29, 0.717) is 11.4 Å². The number of hydrazone groups is 2. The van der Waals surface area contributed by atoms with Crippen LogP contribution in [0.1, 0.15) is 48.9 Å². The summed E-state index contributed by atoms with van der Waals surface area (Å²) in [4.78, 5) is 56.6. The molecule has 0 saturated heterocycles. The second-order valence-corrected chi connectivity index (χ2v) is 12.1. The summed E-state index contributed by atoms with van der Waals surface area (Å²) < 4.78 is 5.38. The molecule has 0 bridgehead atoms. The molecule has 0 aliphatic carbocycles. The largest absolute Gasteiger partial charge is 0.445 e. The van der Waals surface area contributed by atoms with E-state index in [9.17, 15) is 19.2 Å². The molecule has 0 saturated carbocycles. The van der Waals surface area contributed by atoms with Crippen LogP contribution in [0.4, 0.5) is 4.79 Å². The summed E-state index contributed by atoms with van der Waals surface area (Å²) in [5.74, 6) is -1.72. The minimum Gasteiger partial charge on any atom is -0.445 e. The maximum absolute atomic E-state index is 13.9. The molecule has 5 N–H and O–H groups in total. The lowest BCUT2D eigenvalue weighted by Crippen LogP contribution is -2.54. The molecule has 1 aromatic heterocycles. The fraction of sp³-hybridized carbons (Fsp3) is 0.200. The van der Waals surface area contributed by atoms with E-state index < -0.39 is 35.9 Å². The first-order valence-electron chi connectivity index (χ1n) is 16.9. The van der Waals surface area contributed by atoms with Crippen LogP contribution >= 0.6 is 0 Å². The molecule has 0 unspecified atom stereocenters. The number of nitrogens with zero attached hydrogens (tertiary/aromatic N) is 2. The summed E-state index contributed by atoms with van der Waals surface area (Å²) in [6, 6.07) is 33.1. The molecular formula is C40H41N7O5. The minimum absolute atomic E-state index is 0.0284. The first-order chi connectivity index (χ1) is 25.3. The summed E-state index contributed by atoms with van der Waals surface area (Å²) in [5, 5.41) is 14.7. The Morgan fingerprint density at radius 1 is 0.673 bits per heavy atom. The van der Waals surface area contributed by atoms with Gasteiger partial charge in [0.15, 0.2) is 0 Å². The minimum atomic E-state index is -1.24. The van der Waals surface area contributed by atoms with Crippen LogP contribution in [0.2, 0.25) is 0 Å². The lowest BCUT2D eigenvalue weighted by atomic mass is 10.0. The van der Waals surface area contributed by atoms with Crippen LogP contribution in [0.5, 0.6) is 0 Å². The Morgan fingerprint density at radius 2 is 1.25 bits per heavy atom. The normalized spacial score (nSPS) is 12.7.